The molecule has 0 aliphatic carbocycles. The normalized spacial score (nSPS) is 12.7. The van der Waals surface area contributed by atoms with Gasteiger partial charge >= 0.3 is 0 Å². The number of nitrogens with zero attached hydrogens (tertiary/aromatic N) is 7. The van der Waals surface area contributed by atoms with E-state index in [9.17, 15) is 4.39 Å². The van der Waals surface area contributed by atoms with E-state index in [0.29, 0.717) is 0 Å². The highest BCUT2D eigenvalue weighted by Crippen LogP contribution is 2.54. The van der Waals surface area contributed by atoms with Crippen LogP contribution < -0.4 is 24.9 Å². The van der Waals surface area contributed by atoms with Gasteiger partial charge in [-0.05, 0) is 297 Å². The second-order valence-corrected chi connectivity index (χ2v) is 38.2. The molecule has 0 saturated heterocycles. The van der Waals surface area contributed by atoms with E-state index >= 15 is 4.39 Å². The van der Waals surface area contributed by atoms with Gasteiger partial charge in [-0.3, -0.25) is 0 Å². The summed E-state index contributed by atoms with van der Waals surface area (Å²) in [5.41, 5.74) is 27.7. The van der Waals surface area contributed by atoms with Crippen molar-refractivity contribution in [3.63, 3.8) is 0 Å². The first kappa shape index (κ1) is 80.6. The van der Waals surface area contributed by atoms with Crippen molar-refractivity contribution in [1.29, 1.82) is 0 Å². The number of anilines is 13. The van der Waals surface area contributed by atoms with Crippen LogP contribution in [0.2, 0.25) is 0 Å². The van der Waals surface area contributed by atoms with Crippen LogP contribution in [-0.4, -0.2) is 14.1 Å². The highest BCUT2D eigenvalue weighted by atomic mass is 32.2. The maximum Gasteiger partial charge on any atom is 0.137 e. The first-order valence-corrected chi connectivity index (χ1v) is 48.7. The Morgan fingerprint density at radius 2 is 0.664 bits per heavy atom. The first-order valence-electron chi connectivity index (χ1n) is 47.0. The van der Waals surface area contributed by atoms with Crippen LogP contribution in [0, 0.1) is 11.6 Å². The molecule has 5 aromatic heterocycles. The number of halogens is 2. The molecule has 0 fully saturated rings. The van der Waals surface area contributed by atoms with Crippen molar-refractivity contribution in [1.82, 2.24) is 14.1 Å². The molecule has 1 aliphatic heterocycles. The number of hydrogen-bond acceptors (Lipinski definition) is 10. The standard InChI is InChI=1S/C126H78F2N8O2S2/c127-84-38-42-88(43-39-84)131(90-46-56-100-79(67-90)34-35-80-68-91(47-57-101(80)100)132(89-44-40-85(128)41-45-89)98-52-62-113-122(75-98)139-125(129-113)77-18-4-1-5-19-77)94-55-65-117-112(72-94)110-30-17-29-104(124(110)136(117)87-24-8-3-9-25-87)78-20-16-21-83(66-78)126-130-114-63-53-99(76-123(114)140-126)134(97-51-61-109-107-28-12-15-33-119(107)138-121(109)74-97)93-49-59-103-82(70-93)37-36-81-69-92(48-58-102(81)103)133(96-50-60-108-106-27-11-14-32-118(106)137-120(108)73-96)95-54-64-116-111(71-95)105-26-10-13-31-115(105)135(116)86-22-6-2-7-23-86/h1-76,126,130H. The molecule has 660 valence electrons. The van der Waals surface area contributed by atoms with Crippen molar-refractivity contribution in [3.05, 3.63) is 478 Å². The summed E-state index contributed by atoms with van der Waals surface area (Å²) in [7, 11) is 0. The Bertz CT molecular complexity index is 9740. The summed E-state index contributed by atoms with van der Waals surface area (Å²) < 4.78 is 49.0. The lowest BCUT2D eigenvalue weighted by Gasteiger charge is -2.27. The quantitative estimate of drug-likeness (QED) is 0.0898. The predicted molar refractivity (Wildman–Crippen MR) is 581 cm³/mol. The Balaban J connectivity index is 0.504. The lowest BCUT2D eigenvalue weighted by Crippen LogP contribution is -2.10. The van der Waals surface area contributed by atoms with Crippen LogP contribution in [0.1, 0.15) is 10.9 Å². The van der Waals surface area contributed by atoms with Crippen molar-refractivity contribution < 1.29 is 17.6 Å². The third-order valence-electron chi connectivity index (χ3n) is 27.9. The monoisotopic (exact) mass is 1840 g/mol. The van der Waals surface area contributed by atoms with Gasteiger partial charge in [0, 0.05) is 157 Å². The van der Waals surface area contributed by atoms with E-state index in [1.807, 2.05) is 78.5 Å². The number of thioether (sulfide) groups is 1. The molecule has 0 bridgehead atoms. The molecule has 22 aromatic carbocycles. The number of thiazole rings is 1. The average molecular weight is 1840 g/mol. The maximum atomic E-state index is 15.2. The SMILES string of the molecule is Fc1ccc(N(c2ccc3c(ccc4cc(N(c5ccc(F)cc5)c5ccc6c(c5)c5cccc(-c7cccc(C8Nc9ccc(N(c%10ccc%11c(ccc%12cc(N(c%13ccc%14c(c%13)oc%13ccccc%13%14)c%13ccc%14c(c%13)c%13ccccc%13n%14-c%13ccccc%13)ccc%12%11)c%10)c%10ccc%11c(c%10)oc%10ccccc%10%11)cc9S8)c7)c5n6-c5ccccc5)ccc43)c2)c2ccc3nc(-c4ccccc4)sc3c2)cc1. The van der Waals surface area contributed by atoms with Gasteiger partial charge in [-0.1, -0.05) is 218 Å². The molecule has 1 N–H and O–H groups in total. The van der Waals surface area contributed by atoms with E-state index in [0.717, 1.165) is 247 Å². The largest absolute Gasteiger partial charge is 0.456 e. The van der Waals surface area contributed by atoms with E-state index in [1.165, 1.54) is 35.0 Å². The number of fused-ring (bicyclic) bond motifs is 20. The fourth-order valence-corrected chi connectivity index (χ4v) is 23.7. The van der Waals surface area contributed by atoms with Crippen molar-refractivity contribution >= 4 is 238 Å². The van der Waals surface area contributed by atoms with Gasteiger partial charge in [0.2, 0.25) is 0 Å². The summed E-state index contributed by atoms with van der Waals surface area (Å²) in [6, 6.07) is 162. The Morgan fingerprint density at radius 1 is 0.271 bits per heavy atom. The molecule has 0 amide bonds. The summed E-state index contributed by atoms with van der Waals surface area (Å²) in [4.78, 5) is 15.3. The smallest absolute Gasteiger partial charge is 0.137 e. The molecule has 140 heavy (non-hydrogen) atoms. The number of furan rings is 2. The van der Waals surface area contributed by atoms with Gasteiger partial charge in [0.05, 0.1) is 32.3 Å². The number of para-hydroxylation sites is 6. The van der Waals surface area contributed by atoms with Gasteiger partial charge in [-0.2, -0.15) is 0 Å². The molecule has 0 saturated carbocycles. The number of nitrogens with one attached hydrogen (secondary N) is 1. The molecule has 27 aromatic rings. The summed E-state index contributed by atoms with van der Waals surface area (Å²) in [6.45, 7) is 0. The van der Waals surface area contributed by atoms with Crippen molar-refractivity contribution in [2.75, 3.05) is 24.9 Å². The summed E-state index contributed by atoms with van der Waals surface area (Å²) in [5.74, 6) is -0.614. The zero-order valence-electron chi connectivity index (χ0n) is 75.0. The van der Waals surface area contributed by atoms with E-state index < -0.39 is 0 Å². The second kappa shape index (κ2) is 32.5. The fraction of sp³-hybridized carbons (Fsp3) is 0.00794. The topological polar surface area (TPSA) is 74.0 Å². The van der Waals surface area contributed by atoms with Gasteiger partial charge in [-0.25, -0.2) is 13.8 Å². The number of aromatic nitrogens is 3. The molecular weight excluding hydrogens is 1760 g/mol. The third-order valence-corrected chi connectivity index (χ3v) is 30.2. The third kappa shape index (κ3) is 13.5. The molecule has 1 atom stereocenters. The van der Waals surface area contributed by atoms with Crippen LogP contribution in [0.5, 0.6) is 0 Å². The number of rotatable bonds is 17. The minimum Gasteiger partial charge on any atom is -0.456 e. The fourth-order valence-electron chi connectivity index (χ4n) is 21.5. The summed E-state index contributed by atoms with van der Waals surface area (Å²) >= 11 is 3.49. The Hall–Kier alpha value is -17.8. The lowest BCUT2D eigenvalue weighted by molar-refractivity contribution is 0.627. The van der Waals surface area contributed by atoms with E-state index in [1.54, 1.807) is 11.3 Å². The molecule has 1 unspecified atom stereocenters. The second-order valence-electron chi connectivity index (χ2n) is 36.1. The minimum absolute atomic E-state index is 0.114. The Kier molecular flexibility index (Phi) is 18.7. The van der Waals surface area contributed by atoms with Crippen LogP contribution in [0.4, 0.5) is 82.7 Å². The van der Waals surface area contributed by atoms with Crippen molar-refractivity contribution in [2.24, 2.45) is 0 Å². The molecule has 10 nitrogen and oxygen atoms in total. The van der Waals surface area contributed by atoms with Crippen molar-refractivity contribution in [3.8, 4) is 33.1 Å². The zero-order valence-corrected chi connectivity index (χ0v) is 76.6. The van der Waals surface area contributed by atoms with Crippen LogP contribution in [0.25, 0.3) is 174 Å². The Morgan fingerprint density at radius 3 is 1.22 bits per heavy atom. The molecule has 1 aliphatic rings. The Labute approximate surface area is 810 Å². The average Bonchev–Trinajstić information content (AvgIpc) is 1.61. The molecule has 28 rings (SSSR count). The zero-order chi connectivity index (χ0) is 92.3. The predicted octanol–water partition coefficient (Wildman–Crippen LogP) is 36.6. The highest BCUT2D eigenvalue weighted by molar-refractivity contribution is 8.00. The molecule has 0 radical (unpaired) electrons. The molecule has 0 spiro atoms. The van der Waals surface area contributed by atoms with Crippen molar-refractivity contribution in [2.45, 2.75) is 10.3 Å². The van der Waals surface area contributed by atoms with Gasteiger partial charge < -0.3 is 42.9 Å². The van der Waals surface area contributed by atoms with E-state index in [2.05, 4.69) is 404 Å². The molecule has 14 heteroatoms. The number of hydrogen-bond donors (Lipinski definition) is 1. The maximum absolute atomic E-state index is 15.2. The van der Waals surface area contributed by atoms with Gasteiger partial charge in [0.25, 0.3) is 0 Å². The molecule has 6 heterocycles. The van der Waals surface area contributed by atoms with Gasteiger partial charge in [-0.15, -0.1) is 11.3 Å². The van der Waals surface area contributed by atoms with Gasteiger partial charge in [0.15, 0.2) is 0 Å². The summed E-state index contributed by atoms with van der Waals surface area (Å²) in [6.07, 6.45) is 0. The number of benzene rings is 22. The van der Waals surface area contributed by atoms with Crippen LogP contribution in [0.15, 0.2) is 475 Å². The van der Waals surface area contributed by atoms with Crippen LogP contribution >= 0.6 is 23.1 Å². The van der Waals surface area contributed by atoms with Crippen LogP contribution in [0.3, 0.4) is 0 Å². The lowest BCUT2D eigenvalue weighted by atomic mass is 9.99. The van der Waals surface area contributed by atoms with Gasteiger partial charge in [0.1, 0.15) is 44.3 Å². The van der Waals surface area contributed by atoms with Crippen LogP contribution in [-0.2, 0) is 0 Å². The van der Waals surface area contributed by atoms with E-state index in [4.69, 9.17) is 13.8 Å². The summed E-state index contributed by atoms with van der Waals surface area (Å²) in [5, 5.41) is 22.4. The molecular formula is C126H78F2N8O2S2. The first-order chi connectivity index (χ1) is 69.1. The highest BCUT2D eigenvalue weighted by Gasteiger charge is 2.30. The van der Waals surface area contributed by atoms with E-state index in [-0.39, 0.29) is 17.0 Å². The minimum atomic E-state index is -0.314.